The van der Waals surface area contributed by atoms with Crippen molar-refractivity contribution in [3.05, 3.63) is 35.9 Å². The molecule has 96 valence electrons. The molecule has 0 aliphatic carbocycles. The highest BCUT2D eigenvalue weighted by Gasteiger charge is 2.18. The summed E-state index contributed by atoms with van der Waals surface area (Å²) < 4.78 is 5.56. The first-order chi connectivity index (χ1) is 8.27. The fraction of sp³-hybridized carbons (Fsp3) is 0.538. The molecule has 1 aromatic carbocycles. The van der Waals surface area contributed by atoms with E-state index in [1.807, 2.05) is 30.3 Å². The summed E-state index contributed by atoms with van der Waals surface area (Å²) in [6.45, 7) is 0.127. The van der Waals surface area contributed by atoms with Gasteiger partial charge in [0.25, 0.3) is 0 Å². The molecule has 0 bridgehead atoms. The predicted octanol–water partition coefficient (Wildman–Crippen LogP) is 0.697. The van der Waals surface area contributed by atoms with Crippen molar-refractivity contribution in [3.63, 3.8) is 0 Å². The van der Waals surface area contributed by atoms with Crippen molar-refractivity contribution >= 4 is 0 Å². The molecule has 0 amide bonds. The SMILES string of the molecule is OCCC[C@@H](OCc1ccccc1)[C@@H](O)CO. The molecular formula is C13H20O4. The maximum Gasteiger partial charge on any atom is 0.103 e. The highest BCUT2D eigenvalue weighted by atomic mass is 16.5. The normalized spacial score (nSPS) is 14.5. The third kappa shape index (κ3) is 5.28. The number of aliphatic hydroxyl groups is 3. The topological polar surface area (TPSA) is 69.9 Å². The molecule has 0 aliphatic rings. The van der Waals surface area contributed by atoms with Crippen LogP contribution in [-0.2, 0) is 11.3 Å². The number of aliphatic hydroxyl groups excluding tert-OH is 3. The lowest BCUT2D eigenvalue weighted by Crippen LogP contribution is -2.32. The Kier molecular flexibility index (Phi) is 6.81. The molecule has 1 rings (SSSR count). The van der Waals surface area contributed by atoms with E-state index < -0.39 is 12.2 Å². The van der Waals surface area contributed by atoms with E-state index in [-0.39, 0.29) is 13.2 Å². The maximum absolute atomic E-state index is 9.57. The lowest BCUT2D eigenvalue weighted by atomic mass is 10.1. The minimum atomic E-state index is -0.898. The number of ether oxygens (including phenoxy) is 1. The van der Waals surface area contributed by atoms with Gasteiger partial charge >= 0.3 is 0 Å². The third-order valence-electron chi connectivity index (χ3n) is 2.57. The van der Waals surface area contributed by atoms with Crippen molar-refractivity contribution < 1.29 is 20.1 Å². The zero-order valence-corrected chi connectivity index (χ0v) is 9.83. The number of benzene rings is 1. The molecule has 0 saturated heterocycles. The van der Waals surface area contributed by atoms with Gasteiger partial charge in [-0.15, -0.1) is 0 Å². The monoisotopic (exact) mass is 240 g/mol. The van der Waals surface area contributed by atoms with Gasteiger partial charge in [-0.3, -0.25) is 0 Å². The average molecular weight is 240 g/mol. The van der Waals surface area contributed by atoms with E-state index in [1.54, 1.807) is 0 Å². The van der Waals surface area contributed by atoms with E-state index in [1.165, 1.54) is 0 Å². The van der Waals surface area contributed by atoms with E-state index in [2.05, 4.69) is 0 Å². The Labute approximate surface area is 101 Å². The minimum absolute atomic E-state index is 0.0589. The van der Waals surface area contributed by atoms with Crippen LogP contribution in [0, 0.1) is 0 Å². The van der Waals surface area contributed by atoms with Crippen molar-refractivity contribution in [2.75, 3.05) is 13.2 Å². The van der Waals surface area contributed by atoms with Crippen LogP contribution in [0.3, 0.4) is 0 Å². The van der Waals surface area contributed by atoms with E-state index in [9.17, 15) is 5.11 Å². The molecule has 0 aromatic heterocycles. The first-order valence-corrected chi connectivity index (χ1v) is 5.83. The zero-order valence-electron chi connectivity index (χ0n) is 9.83. The largest absolute Gasteiger partial charge is 0.396 e. The molecule has 4 heteroatoms. The van der Waals surface area contributed by atoms with Crippen molar-refractivity contribution in [3.8, 4) is 0 Å². The quantitative estimate of drug-likeness (QED) is 0.625. The fourth-order valence-electron chi connectivity index (χ4n) is 1.57. The third-order valence-corrected chi connectivity index (χ3v) is 2.57. The van der Waals surface area contributed by atoms with Crippen LogP contribution in [0.5, 0.6) is 0 Å². The van der Waals surface area contributed by atoms with E-state index in [0.717, 1.165) is 5.56 Å². The van der Waals surface area contributed by atoms with Gasteiger partial charge in [-0.2, -0.15) is 0 Å². The van der Waals surface area contributed by atoms with Gasteiger partial charge in [0, 0.05) is 6.61 Å². The minimum Gasteiger partial charge on any atom is -0.396 e. The predicted molar refractivity (Wildman–Crippen MR) is 64.4 cm³/mol. The number of rotatable bonds is 8. The van der Waals surface area contributed by atoms with Crippen LogP contribution in [0.15, 0.2) is 30.3 Å². The van der Waals surface area contributed by atoms with Gasteiger partial charge in [-0.05, 0) is 18.4 Å². The summed E-state index contributed by atoms with van der Waals surface area (Å²) in [6, 6.07) is 9.64. The van der Waals surface area contributed by atoms with Crippen molar-refractivity contribution in [1.29, 1.82) is 0 Å². The summed E-state index contributed by atoms with van der Waals surface area (Å²) in [5.41, 5.74) is 1.02. The van der Waals surface area contributed by atoms with Crippen LogP contribution in [0.2, 0.25) is 0 Å². The van der Waals surface area contributed by atoms with E-state index in [4.69, 9.17) is 14.9 Å². The van der Waals surface area contributed by atoms with Gasteiger partial charge in [0.2, 0.25) is 0 Å². The Morgan fingerprint density at radius 3 is 2.41 bits per heavy atom. The molecule has 17 heavy (non-hydrogen) atoms. The molecule has 0 unspecified atom stereocenters. The summed E-state index contributed by atoms with van der Waals surface area (Å²) >= 11 is 0. The molecule has 0 spiro atoms. The molecule has 2 atom stereocenters. The Morgan fingerprint density at radius 2 is 1.82 bits per heavy atom. The molecule has 3 N–H and O–H groups in total. The lowest BCUT2D eigenvalue weighted by Gasteiger charge is -2.21. The second-order valence-corrected chi connectivity index (χ2v) is 3.95. The molecule has 0 heterocycles. The first kappa shape index (κ1) is 14.1. The van der Waals surface area contributed by atoms with Crippen LogP contribution in [0.25, 0.3) is 0 Å². The summed E-state index contributed by atoms with van der Waals surface area (Å²) in [4.78, 5) is 0. The first-order valence-electron chi connectivity index (χ1n) is 5.83. The molecule has 0 aliphatic heterocycles. The van der Waals surface area contributed by atoms with E-state index in [0.29, 0.717) is 19.4 Å². The van der Waals surface area contributed by atoms with Crippen LogP contribution < -0.4 is 0 Å². The summed E-state index contributed by atoms with van der Waals surface area (Å²) in [6.07, 6.45) is -0.251. The van der Waals surface area contributed by atoms with Gasteiger partial charge in [0.05, 0.1) is 19.3 Å². The smallest absolute Gasteiger partial charge is 0.103 e. The Balaban J connectivity index is 2.43. The van der Waals surface area contributed by atoms with Crippen LogP contribution in [-0.4, -0.2) is 40.7 Å². The zero-order chi connectivity index (χ0) is 12.5. The highest BCUT2D eigenvalue weighted by Crippen LogP contribution is 2.11. The summed E-state index contributed by atoms with van der Waals surface area (Å²) in [5.74, 6) is 0. The van der Waals surface area contributed by atoms with Gasteiger partial charge in [-0.25, -0.2) is 0 Å². The summed E-state index contributed by atoms with van der Waals surface area (Å²) in [7, 11) is 0. The standard InChI is InChI=1S/C13H20O4/c14-8-4-7-13(12(16)9-15)17-10-11-5-2-1-3-6-11/h1-3,5-6,12-16H,4,7-10H2/t12-,13+/m0/s1. The molecule has 0 saturated carbocycles. The second-order valence-electron chi connectivity index (χ2n) is 3.95. The van der Waals surface area contributed by atoms with Crippen LogP contribution in [0.1, 0.15) is 18.4 Å². The molecular weight excluding hydrogens is 220 g/mol. The number of hydrogen-bond acceptors (Lipinski definition) is 4. The maximum atomic E-state index is 9.57. The van der Waals surface area contributed by atoms with Gasteiger partial charge in [0.1, 0.15) is 6.10 Å². The average Bonchev–Trinajstić information content (AvgIpc) is 2.39. The van der Waals surface area contributed by atoms with Crippen LogP contribution in [0.4, 0.5) is 0 Å². The van der Waals surface area contributed by atoms with Crippen molar-refractivity contribution in [2.45, 2.75) is 31.7 Å². The number of hydrogen-bond donors (Lipinski definition) is 3. The Morgan fingerprint density at radius 1 is 1.12 bits per heavy atom. The lowest BCUT2D eigenvalue weighted by molar-refractivity contribution is -0.0701. The van der Waals surface area contributed by atoms with Gasteiger partial charge < -0.3 is 20.1 Å². The van der Waals surface area contributed by atoms with Gasteiger partial charge in [0.15, 0.2) is 0 Å². The van der Waals surface area contributed by atoms with Crippen LogP contribution >= 0.6 is 0 Å². The van der Waals surface area contributed by atoms with E-state index >= 15 is 0 Å². The summed E-state index contributed by atoms with van der Waals surface area (Å²) in [5, 5.41) is 27.2. The fourth-order valence-corrected chi connectivity index (χ4v) is 1.57. The molecule has 0 fully saturated rings. The van der Waals surface area contributed by atoms with Crippen molar-refractivity contribution in [2.24, 2.45) is 0 Å². The molecule has 1 aromatic rings. The Hall–Kier alpha value is -0.940. The Bertz CT molecular complexity index is 289. The molecule has 0 radical (unpaired) electrons. The second kappa shape index (κ2) is 8.20. The highest BCUT2D eigenvalue weighted by molar-refractivity contribution is 5.13. The molecule has 4 nitrogen and oxygen atoms in total. The van der Waals surface area contributed by atoms with Gasteiger partial charge in [-0.1, -0.05) is 30.3 Å². The van der Waals surface area contributed by atoms with Crippen molar-refractivity contribution in [1.82, 2.24) is 0 Å².